The molecule has 0 saturated heterocycles. The Hall–Kier alpha value is -1.19. The van der Waals surface area contributed by atoms with Crippen LogP contribution in [-0.2, 0) is 7.05 Å². The van der Waals surface area contributed by atoms with Gasteiger partial charge in [0.2, 0.25) is 0 Å². The molecule has 96 valence electrons. The van der Waals surface area contributed by atoms with Gasteiger partial charge >= 0.3 is 0 Å². The molecule has 4 heteroatoms. The number of rotatable bonds is 5. The summed E-state index contributed by atoms with van der Waals surface area (Å²) >= 11 is 0. The van der Waals surface area contributed by atoms with Crippen molar-refractivity contribution < 1.29 is 0 Å². The van der Waals surface area contributed by atoms with Crippen molar-refractivity contribution in [1.82, 2.24) is 9.78 Å². The Bertz CT molecular complexity index is 390. The lowest BCUT2D eigenvalue weighted by Crippen LogP contribution is -2.29. The summed E-state index contributed by atoms with van der Waals surface area (Å²) in [4.78, 5) is 2.44. The van der Waals surface area contributed by atoms with Crippen molar-refractivity contribution in [1.29, 1.82) is 0 Å². The van der Waals surface area contributed by atoms with Crippen molar-refractivity contribution in [3.63, 3.8) is 0 Å². The largest absolute Gasteiger partial charge is 0.394 e. The maximum atomic E-state index is 6.28. The van der Waals surface area contributed by atoms with Gasteiger partial charge in [-0.05, 0) is 25.2 Å². The number of aryl methyl sites for hydroxylation is 1. The second-order valence-electron chi connectivity index (χ2n) is 5.33. The Labute approximate surface area is 104 Å². The summed E-state index contributed by atoms with van der Waals surface area (Å²) in [6, 6.07) is 0.688. The molecule has 2 rings (SSSR count). The van der Waals surface area contributed by atoms with Gasteiger partial charge in [0.25, 0.3) is 0 Å². The van der Waals surface area contributed by atoms with Crippen LogP contribution in [-0.4, -0.2) is 22.4 Å². The molecule has 1 heterocycles. The summed E-state index contributed by atoms with van der Waals surface area (Å²) in [5.74, 6) is 1.51. The number of nitrogen functional groups attached to an aromatic ring is 1. The zero-order chi connectivity index (χ0) is 12.6. The van der Waals surface area contributed by atoms with E-state index in [4.69, 9.17) is 5.73 Å². The Kier molecular flexibility index (Phi) is 3.31. The quantitative estimate of drug-likeness (QED) is 0.854. The van der Waals surface area contributed by atoms with E-state index in [0.717, 1.165) is 30.2 Å². The van der Waals surface area contributed by atoms with Crippen LogP contribution in [0.25, 0.3) is 0 Å². The van der Waals surface area contributed by atoms with Crippen LogP contribution in [0.5, 0.6) is 0 Å². The van der Waals surface area contributed by atoms with Gasteiger partial charge in [-0.1, -0.05) is 20.8 Å². The number of anilines is 2. The van der Waals surface area contributed by atoms with Crippen LogP contribution in [0.1, 0.15) is 51.6 Å². The third kappa shape index (κ3) is 2.26. The predicted octanol–water partition coefficient (Wildman–Crippen LogP) is 2.50. The van der Waals surface area contributed by atoms with Gasteiger partial charge in [0.15, 0.2) is 5.82 Å². The summed E-state index contributed by atoms with van der Waals surface area (Å²) in [6.45, 7) is 7.57. The summed E-state index contributed by atoms with van der Waals surface area (Å²) in [5.41, 5.74) is 8.19. The van der Waals surface area contributed by atoms with E-state index in [2.05, 4.69) is 30.8 Å². The molecule has 1 aliphatic rings. The zero-order valence-electron chi connectivity index (χ0n) is 11.4. The second-order valence-corrected chi connectivity index (χ2v) is 5.33. The second kappa shape index (κ2) is 4.59. The number of hydrogen-bond acceptors (Lipinski definition) is 3. The molecule has 17 heavy (non-hydrogen) atoms. The first-order chi connectivity index (χ1) is 8.06. The first-order valence-electron chi connectivity index (χ1n) is 6.65. The normalized spacial score (nSPS) is 15.6. The molecule has 0 unspecified atom stereocenters. The summed E-state index contributed by atoms with van der Waals surface area (Å²) in [7, 11) is 2.00. The van der Waals surface area contributed by atoms with E-state index < -0.39 is 0 Å². The lowest BCUT2D eigenvalue weighted by atomic mass is 10.1. The average molecular weight is 236 g/mol. The summed E-state index contributed by atoms with van der Waals surface area (Å²) in [5, 5.41) is 4.57. The van der Waals surface area contributed by atoms with E-state index >= 15 is 0 Å². The molecule has 1 fully saturated rings. The van der Waals surface area contributed by atoms with E-state index in [-0.39, 0.29) is 0 Å². The molecule has 0 aromatic carbocycles. The van der Waals surface area contributed by atoms with Crippen molar-refractivity contribution in [3.05, 3.63) is 5.69 Å². The molecule has 2 N–H and O–H groups in total. The highest BCUT2D eigenvalue weighted by molar-refractivity contribution is 5.68. The molecule has 0 bridgehead atoms. The maximum Gasteiger partial charge on any atom is 0.150 e. The third-order valence-electron chi connectivity index (χ3n) is 3.35. The molecule has 1 aliphatic carbocycles. The summed E-state index contributed by atoms with van der Waals surface area (Å²) in [6.07, 6.45) is 3.74. The topological polar surface area (TPSA) is 47.1 Å². The minimum atomic E-state index is 0.387. The monoisotopic (exact) mass is 236 g/mol. The summed E-state index contributed by atoms with van der Waals surface area (Å²) < 4.78 is 1.96. The number of nitrogens with two attached hydrogens (primary N) is 1. The Morgan fingerprint density at radius 1 is 1.47 bits per heavy atom. The molecule has 1 saturated carbocycles. The fourth-order valence-corrected chi connectivity index (χ4v) is 2.41. The molecule has 0 spiro atoms. The SMILES string of the molecule is CCCN(c1c(N)c(C(C)C)nn1C)C1CC1. The van der Waals surface area contributed by atoms with Crippen LogP contribution in [0.3, 0.4) is 0 Å². The van der Waals surface area contributed by atoms with Crippen molar-refractivity contribution in [2.24, 2.45) is 7.05 Å². The molecule has 4 nitrogen and oxygen atoms in total. The van der Waals surface area contributed by atoms with Crippen molar-refractivity contribution in [3.8, 4) is 0 Å². The molecule has 1 aromatic heterocycles. The van der Waals surface area contributed by atoms with Gasteiger partial charge < -0.3 is 10.6 Å². The van der Waals surface area contributed by atoms with Gasteiger partial charge in [0.1, 0.15) is 0 Å². The lowest BCUT2D eigenvalue weighted by molar-refractivity contribution is 0.671. The number of aromatic nitrogens is 2. The fraction of sp³-hybridized carbons (Fsp3) is 0.769. The van der Waals surface area contributed by atoms with E-state index in [9.17, 15) is 0 Å². The van der Waals surface area contributed by atoms with E-state index in [1.807, 2.05) is 11.7 Å². The van der Waals surface area contributed by atoms with Crippen molar-refractivity contribution >= 4 is 11.5 Å². The van der Waals surface area contributed by atoms with Gasteiger partial charge in [0.05, 0.1) is 11.4 Å². The first-order valence-corrected chi connectivity index (χ1v) is 6.65. The van der Waals surface area contributed by atoms with Gasteiger partial charge in [-0.25, -0.2) is 0 Å². The fourth-order valence-electron chi connectivity index (χ4n) is 2.41. The van der Waals surface area contributed by atoms with E-state index in [1.165, 1.54) is 12.8 Å². The smallest absolute Gasteiger partial charge is 0.150 e. The lowest BCUT2D eigenvalue weighted by Gasteiger charge is -2.24. The Morgan fingerprint density at radius 2 is 2.12 bits per heavy atom. The van der Waals surface area contributed by atoms with Gasteiger partial charge in [-0.3, -0.25) is 4.68 Å². The van der Waals surface area contributed by atoms with E-state index in [0.29, 0.717) is 12.0 Å². The third-order valence-corrected chi connectivity index (χ3v) is 3.35. The maximum absolute atomic E-state index is 6.28. The Balaban J connectivity index is 2.35. The van der Waals surface area contributed by atoms with Crippen LogP contribution in [0, 0.1) is 0 Å². The zero-order valence-corrected chi connectivity index (χ0v) is 11.4. The van der Waals surface area contributed by atoms with Crippen LogP contribution in [0.15, 0.2) is 0 Å². The molecule has 0 amide bonds. The number of nitrogens with zero attached hydrogens (tertiary/aromatic N) is 3. The molecular weight excluding hydrogens is 212 g/mol. The molecule has 0 aliphatic heterocycles. The minimum absolute atomic E-state index is 0.387. The van der Waals surface area contributed by atoms with Crippen molar-refractivity contribution in [2.45, 2.75) is 52.0 Å². The molecule has 1 aromatic rings. The number of hydrogen-bond donors (Lipinski definition) is 1. The van der Waals surface area contributed by atoms with Gasteiger partial charge in [-0.15, -0.1) is 0 Å². The molecule has 0 atom stereocenters. The highest BCUT2D eigenvalue weighted by Gasteiger charge is 2.32. The van der Waals surface area contributed by atoms with Gasteiger partial charge in [-0.2, -0.15) is 5.10 Å². The standard InChI is InChI=1S/C13H24N4/c1-5-8-17(10-6-7-10)13-11(14)12(9(2)3)15-16(13)4/h9-10H,5-8,14H2,1-4H3. The average Bonchev–Trinajstić information content (AvgIpc) is 3.04. The van der Waals surface area contributed by atoms with Gasteiger partial charge in [0, 0.05) is 19.6 Å². The first kappa shape index (κ1) is 12.3. The van der Waals surface area contributed by atoms with Crippen LogP contribution in [0.2, 0.25) is 0 Å². The van der Waals surface area contributed by atoms with Crippen LogP contribution < -0.4 is 10.6 Å². The molecule has 0 radical (unpaired) electrons. The van der Waals surface area contributed by atoms with Crippen LogP contribution >= 0.6 is 0 Å². The van der Waals surface area contributed by atoms with E-state index in [1.54, 1.807) is 0 Å². The predicted molar refractivity (Wildman–Crippen MR) is 72.4 cm³/mol. The van der Waals surface area contributed by atoms with Crippen molar-refractivity contribution in [2.75, 3.05) is 17.2 Å². The highest BCUT2D eigenvalue weighted by Crippen LogP contribution is 2.37. The molecular formula is C13H24N4. The minimum Gasteiger partial charge on any atom is -0.394 e. The van der Waals surface area contributed by atoms with Crippen LogP contribution in [0.4, 0.5) is 11.5 Å². The highest BCUT2D eigenvalue weighted by atomic mass is 15.4. The Morgan fingerprint density at radius 3 is 2.53 bits per heavy atom.